The van der Waals surface area contributed by atoms with E-state index in [1.165, 1.54) is 6.26 Å². The maximum atomic E-state index is 11.6. The minimum atomic E-state index is -3.25. The molecule has 0 aliphatic heterocycles. The summed E-state index contributed by atoms with van der Waals surface area (Å²) in [6.45, 7) is 0. The van der Waals surface area contributed by atoms with Crippen molar-refractivity contribution in [1.29, 1.82) is 0 Å². The maximum absolute atomic E-state index is 11.6. The van der Waals surface area contributed by atoms with Crippen molar-refractivity contribution in [2.24, 2.45) is 0 Å². The van der Waals surface area contributed by atoms with Crippen LogP contribution in [0, 0.1) is 0 Å². The molecule has 0 saturated carbocycles. The van der Waals surface area contributed by atoms with Crippen molar-refractivity contribution in [2.45, 2.75) is 4.90 Å². The second-order valence-corrected chi connectivity index (χ2v) is 5.72. The highest BCUT2D eigenvalue weighted by atomic mass is 35.5. The predicted molar refractivity (Wildman–Crippen MR) is 74.4 cm³/mol. The molecule has 2 rings (SSSR count). The van der Waals surface area contributed by atoms with E-state index in [1.807, 2.05) is 0 Å². The Bertz CT molecular complexity index is 639. The van der Waals surface area contributed by atoms with E-state index in [1.54, 1.807) is 42.6 Å². The van der Waals surface area contributed by atoms with Crippen LogP contribution in [0.1, 0.15) is 0 Å². The summed E-state index contributed by atoms with van der Waals surface area (Å²) in [4.78, 5) is 4.26. The smallest absolute Gasteiger partial charge is 0.176 e. The summed E-state index contributed by atoms with van der Waals surface area (Å²) in [6, 6.07) is 10.2. The van der Waals surface area contributed by atoms with Crippen LogP contribution >= 0.6 is 12.4 Å². The number of anilines is 1. The van der Waals surface area contributed by atoms with Gasteiger partial charge in [-0.05, 0) is 18.2 Å². The van der Waals surface area contributed by atoms with E-state index >= 15 is 0 Å². The van der Waals surface area contributed by atoms with Gasteiger partial charge < -0.3 is 5.73 Å². The normalized spacial score (nSPS) is 10.7. The number of aromatic nitrogens is 1. The first-order chi connectivity index (χ1) is 7.98. The molecule has 0 amide bonds. The highest BCUT2D eigenvalue weighted by molar-refractivity contribution is 7.90. The molecular weight excluding hydrogens is 272 g/mol. The monoisotopic (exact) mass is 284 g/mol. The van der Waals surface area contributed by atoms with Gasteiger partial charge in [-0.1, -0.05) is 18.2 Å². The lowest BCUT2D eigenvalue weighted by Crippen LogP contribution is -2.00. The molecule has 2 N–H and O–H groups in total. The van der Waals surface area contributed by atoms with Crippen molar-refractivity contribution in [1.82, 2.24) is 4.98 Å². The van der Waals surface area contributed by atoms with Gasteiger partial charge in [-0.15, -0.1) is 12.4 Å². The number of nitrogens with two attached hydrogens (primary N) is 1. The first kappa shape index (κ1) is 14.5. The average molecular weight is 285 g/mol. The molecule has 6 heteroatoms. The van der Waals surface area contributed by atoms with E-state index in [0.717, 1.165) is 5.56 Å². The van der Waals surface area contributed by atoms with Gasteiger partial charge in [-0.3, -0.25) is 0 Å². The molecule has 0 bridgehead atoms. The molecule has 2 aromatic rings. The number of rotatable bonds is 2. The Morgan fingerprint density at radius 1 is 1.11 bits per heavy atom. The number of pyridine rings is 1. The Morgan fingerprint density at radius 2 is 1.78 bits per heavy atom. The zero-order valence-corrected chi connectivity index (χ0v) is 11.3. The number of sulfone groups is 1. The van der Waals surface area contributed by atoms with Crippen molar-refractivity contribution >= 4 is 28.1 Å². The van der Waals surface area contributed by atoms with Crippen molar-refractivity contribution in [3.63, 3.8) is 0 Å². The van der Waals surface area contributed by atoms with E-state index in [0.29, 0.717) is 16.3 Å². The van der Waals surface area contributed by atoms with Gasteiger partial charge in [0.1, 0.15) is 5.82 Å². The molecule has 0 spiro atoms. The fourth-order valence-electron chi connectivity index (χ4n) is 1.59. The van der Waals surface area contributed by atoms with E-state index in [2.05, 4.69) is 4.98 Å². The Balaban J connectivity index is 0.00000162. The number of halogens is 1. The molecule has 0 saturated heterocycles. The highest BCUT2D eigenvalue weighted by Gasteiger charge is 2.13. The van der Waals surface area contributed by atoms with Crippen molar-refractivity contribution in [2.75, 3.05) is 12.0 Å². The fraction of sp³-hybridized carbons (Fsp3) is 0.0833. The minimum absolute atomic E-state index is 0. The van der Waals surface area contributed by atoms with Gasteiger partial charge in [0.2, 0.25) is 0 Å². The summed E-state index contributed by atoms with van der Waals surface area (Å²) < 4.78 is 23.3. The first-order valence-corrected chi connectivity index (χ1v) is 6.88. The number of hydrogen-bond acceptors (Lipinski definition) is 4. The number of benzene rings is 1. The van der Waals surface area contributed by atoms with E-state index in [4.69, 9.17) is 5.73 Å². The summed E-state index contributed by atoms with van der Waals surface area (Å²) in [7, 11) is -3.25. The van der Waals surface area contributed by atoms with Crippen LogP contribution in [0.25, 0.3) is 11.1 Å². The summed E-state index contributed by atoms with van der Waals surface area (Å²) in [5, 5.41) is 0. The lowest BCUT2D eigenvalue weighted by molar-refractivity contribution is 0.602. The molecule has 4 nitrogen and oxygen atoms in total. The van der Waals surface area contributed by atoms with Crippen LogP contribution in [0.5, 0.6) is 0 Å². The molecule has 0 unspecified atom stereocenters. The Kier molecular flexibility index (Phi) is 4.32. The fourth-order valence-corrected chi connectivity index (χ4v) is 2.50. The third-order valence-corrected chi connectivity index (χ3v) is 3.54. The predicted octanol–water partition coefficient (Wildman–Crippen LogP) is 2.16. The second-order valence-electron chi connectivity index (χ2n) is 3.74. The summed E-state index contributed by atoms with van der Waals surface area (Å²) in [6.07, 6.45) is 2.76. The van der Waals surface area contributed by atoms with Crippen LogP contribution in [0.3, 0.4) is 0 Å². The molecule has 0 aliphatic carbocycles. The van der Waals surface area contributed by atoms with Gasteiger partial charge in [0.15, 0.2) is 9.84 Å². The van der Waals surface area contributed by atoms with Gasteiger partial charge in [0, 0.05) is 23.6 Å². The Labute approximate surface area is 112 Å². The largest absolute Gasteiger partial charge is 0.384 e. The Morgan fingerprint density at radius 3 is 2.33 bits per heavy atom. The van der Waals surface area contributed by atoms with E-state index < -0.39 is 9.84 Å². The van der Waals surface area contributed by atoms with E-state index in [9.17, 15) is 8.42 Å². The zero-order chi connectivity index (χ0) is 12.5. The van der Waals surface area contributed by atoms with Crippen LogP contribution in [0.2, 0.25) is 0 Å². The van der Waals surface area contributed by atoms with Crippen LogP contribution in [0.4, 0.5) is 5.82 Å². The molecule has 0 atom stereocenters. The Hall–Kier alpha value is -1.59. The quantitative estimate of drug-likeness (QED) is 0.917. The SMILES string of the molecule is CS(=O)(=O)c1ccccc1-c1ccc(N)nc1.Cl. The number of hydrogen-bond donors (Lipinski definition) is 1. The second kappa shape index (κ2) is 5.37. The maximum Gasteiger partial charge on any atom is 0.176 e. The zero-order valence-electron chi connectivity index (χ0n) is 9.70. The molecule has 1 aromatic carbocycles. The van der Waals surface area contributed by atoms with Gasteiger partial charge in [-0.2, -0.15) is 0 Å². The van der Waals surface area contributed by atoms with Crippen LogP contribution in [-0.2, 0) is 9.84 Å². The average Bonchev–Trinajstić information content (AvgIpc) is 2.29. The third-order valence-electron chi connectivity index (χ3n) is 2.38. The first-order valence-electron chi connectivity index (χ1n) is 4.99. The highest BCUT2D eigenvalue weighted by Crippen LogP contribution is 2.26. The van der Waals surface area contributed by atoms with Gasteiger partial charge >= 0.3 is 0 Å². The van der Waals surface area contributed by atoms with Crippen LogP contribution < -0.4 is 5.73 Å². The molecule has 0 radical (unpaired) electrons. The number of nitrogen functional groups attached to an aromatic ring is 1. The molecule has 0 aliphatic rings. The van der Waals surface area contributed by atoms with Crippen LogP contribution in [0.15, 0.2) is 47.5 Å². The van der Waals surface area contributed by atoms with Gasteiger partial charge in [0.25, 0.3) is 0 Å². The standard InChI is InChI=1S/C12H12N2O2S.ClH/c1-17(15,16)11-5-3-2-4-10(11)9-6-7-12(13)14-8-9;/h2-8H,1H3,(H2,13,14);1H. The summed E-state index contributed by atoms with van der Waals surface area (Å²) in [5.74, 6) is 0.408. The lowest BCUT2D eigenvalue weighted by Gasteiger charge is -2.07. The lowest BCUT2D eigenvalue weighted by atomic mass is 10.1. The molecular formula is C12H13ClN2O2S. The van der Waals surface area contributed by atoms with Crippen molar-refractivity contribution in [3.05, 3.63) is 42.6 Å². The third kappa shape index (κ3) is 3.00. The molecule has 1 aromatic heterocycles. The van der Waals surface area contributed by atoms with Gasteiger partial charge in [-0.25, -0.2) is 13.4 Å². The van der Waals surface area contributed by atoms with Crippen LogP contribution in [-0.4, -0.2) is 19.7 Å². The van der Waals surface area contributed by atoms with Crippen molar-refractivity contribution < 1.29 is 8.42 Å². The van der Waals surface area contributed by atoms with E-state index in [-0.39, 0.29) is 12.4 Å². The minimum Gasteiger partial charge on any atom is -0.384 e. The molecule has 1 heterocycles. The van der Waals surface area contributed by atoms with Crippen molar-refractivity contribution in [3.8, 4) is 11.1 Å². The summed E-state index contributed by atoms with van der Waals surface area (Å²) in [5.41, 5.74) is 6.88. The van der Waals surface area contributed by atoms with Gasteiger partial charge in [0.05, 0.1) is 4.90 Å². The molecule has 18 heavy (non-hydrogen) atoms. The molecule has 0 fully saturated rings. The summed E-state index contributed by atoms with van der Waals surface area (Å²) >= 11 is 0. The molecule has 96 valence electrons. The number of nitrogens with zero attached hydrogens (tertiary/aromatic N) is 1. The topological polar surface area (TPSA) is 73.0 Å².